The first-order chi connectivity index (χ1) is 13.1. The molecule has 3 N–H and O–H groups in total. The first-order valence-corrected chi connectivity index (χ1v) is 9.22. The standard InChI is InChI=1S/C21H24N2O4/c1-13-5-7-14(8-6-13)10-22-16-4-2-3-15(9-16)21(25)23-17-11-26-20-18(24)12-27-19(17)20/h2-9,17-20,22,24H,10-12H2,1H3,(H,23,25)/t17-,18-,19-,20-/m1/s1. The number of amides is 1. The fourth-order valence-electron chi connectivity index (χ4n) is 3.53. The van der Waals surface area contributed by atoms with Crippen LogP contribution >= 0.6 is 0 Å². The molecule has 2 fully saturated rings. The third-order valence-corrected chi connectivity index (χ3v) is 5.09. The minimum absolute atomic E-state index is 0.173. The molecular weight excluding hydrogens is 344 g/mol. The van der Waals surface area contributed by atoms with E-state index in [1.807, 2.05) is 18.2 Å². The molecule has 0 aliphatic carbocycles. The third-order valence-electron chi connectivity index (χ3n) is 5.09. The molecule has 0 saturated carbocycles. The number of hydrogen-bond acceptors (Lipinski definition) is 5. The van der Waals surface area contributed by atoms with Crippen molar-refractivity contribution in [3.05, 3.63) is 65.2 Å². The molecule has 4 atom stereocenters. The number of aliphatic hydroxyl groups is 1. The molecule has 6 heteroatoms. The third kappa shape index (κ3) is 3.98. The highest BCUT2D eigenvalue weighted by molar-refractivity contribution is 5.95. The molecule has 27 heavy (non-hydrogen) atoms. The summed E-state index contributed by atoms with van der Waals surface area (Å²) in [5.41, 5.74) is 3.87. The maximum Gasteiger partial charge on any atom is 0.251 e. The van der Waals surface area contributed by atoms with Gasteiger partial charge in [0.25, 0.3) is 5.91 Å². The number of anilines is 1. The van der Waals surface area contributed by atoms with Crippen molar-refractivity contribution in [1.29, 1.82) is 0 Å². The highest BCUT2D eigenvalue weighted by Crippen LogP contribution is 2.27. The molecule has 0 bridgehead atoms. The van der Waals surface area contributed by atoms with Crippen LogP contribution in [0.15, 0.2) is 48.5 Å². The molecule has 142 valence electrons. The van der Waals surface area contributed by atoms with Crippen LogP contribution in [0, 0.1) is 6.92 Å². The molecule has 6 nitrogen and oxygen atoms in total. The Morgan fingerprint density at radius 1 is 1.11 bits per heavy atom. The Kier molecular flexibility index (Phi) is 5.11. The van der Waals surface area contributed by atoms with E-state index in [0.717, 1.165) is 5.69 Å². The van der Waals surface area contributed by atoms with Gasteiger partial charge in [-0.05, 0) is 30.7 Å². The fourth-order valence-corrected chi connectivity index (χ4v) is 3.53. The summed E-state index contributed by atoms with van der Waals surface area (Å²) in [6.07, 6.45) is -1.25. The van der Waals surface area contributed by atoms with Gasteiger partial charge in [0, 0.05) is 17.8 Å². The average molecular weight is 368 g/mol. The smallest absolute Gasteiger partial charge is 0.251 e. The number of aliphatic hydroxyl groups excluding tert-OH is 1. The summed E-state index contributed by atoms with van der Waals surface area (Å²) in [7, 11) is 0. The second kappa shape index (κ2) is 7.68. The van der Waals surface area contributed by atoms with Crippen molar-refractivity contribution in [1.82, 2.24) is 5.32 Å². The summed E-state index contributed by atoms with van der Waals surface area (Å²) in [5.74, 6) is -0.173. The number of aryl methyl sites for hydroxylation is 1. The molecule has 4 rings (SSSR count). The second-order valence-corrected chi connectivity index (χ2v) is 7.16. The monoisotopic (exact) mass is 368 g/mol. The molecule has 2 aromatic carbocycles. The van der Waals surface area contributed by atoms with Crippen molar-refractivity contribution >= 4 is 11.6 Å². The van der Waals surface area contributed by atoms with Gasteiger partial charge in [-0.3, -0.25) is 4.79 Å². The fraction of sp³-hybridized carbons (Fsp3) is 0.381. The zero-order valence-electron chi connectivity index (χ0n) is 15.2. The van der Waals surface area contributed by atoms with Crippen LogP contribution in [0.1, 0.15) is 21.5 Å². The zero-order valence-corrected chi connectivity index (χ0v) is 15.2. The van der Waals surface area contributed by atoms with E-state index in [2.05, 4.69) is 41.8 Å². The van der Waals surface area contributed by atoms with Crippen molar-refractivity contribution in [2.45, 2.75) is 37.8 Å². The zero-order chi connectivity index (χ0) is 18.8. The maximum absolute atomic E-state index is 12.6. The molecule has 2 aromatic rings. The number of ether oxygens (including phenoxy) is 2. The molecule has 2 saturated heterocycles. The number of benzene rings is 2. The lowest BCUT2D eigenvalue weighted by molar-refractivity contribution is 0.0178. The van der Waals surface area contributed by atoms with Crippen molar-refractivity contribution in [3.63, 3.8) is 0 Å². The molecule has 0 spiro atoms. The predicted molar refractivity (Wildman–Crippen MR) is 102 cm³/mol. The van der Waals surface area contributed by atoms with Crippen molar-refractivity contribution < 1.29 is 19.4 Å². The Balaban J connectivity index is 1.37. The first-order valence-electron chi connectivity index (χ1n) is 9.22. The minimum atomic E-state index is -0.619. The minimum Gasteiger partial charge on any atom is -0.388 e. The molecular formula is C21H24N2O4. The molecule has 2 heterocycles. The highest BCUT2D eigenvalue weighted by Gasteiger charge is 2.47. The van der Waals surface area contributed by atoms with Crippen LogP contribution in [0.3, 0.4) is 0 Å². The van der Waals surface area contributed by atoms with E-state index in [9.17, 15) is 9.90 Å². The van der Waals surface area contributed by atoms with E-state index in [1.54, 1.807) is 6.07 Å². The number of nitrogens with one attached hydrogen (secondary N) is 2. The van der Waals surface area contributed by atoms with Crippen LogP contribution in [-0.4, -0.2) is 48.6 Å². The van der Waals surface area contributed by atoms with Crippen molar-refractivity contribution in [2.24, 2.45) is 0 Å². The van der Waals surface area contributed by atoms with Gasteiger partial charge < -0.3 is 25.2 Å². The summed E-state index contributed by atoms with van der Waals surface area (Å²) in [6.45, 7) is 3.36. The number of rotatable bonds is 5. The number of fused-ring (bicyclic) bond motifs is 1. The lowest BCUT2D eigenvalue weighted by Gasteiger charge is -2.17. The van der Waals surface area contributed by atoms with Crippen LogP contribution in [-0.2, 0) is 16.0 Å². The number of carbonyl (C=O) groups excluding carboxylic acids is 1. The summed E-state index contributed by atoms with van der Waals surface area (Å²) in [6, 6.07) is 15.5. The number of carbonyl (C=O) groups is 1. The molecule has 0 radical (unpaired) electrons. The van der Waals surface area contributed by atoms with E-state index in [1.165, 1.54) is 11.1 Å². The summed E-state index contributed by atoms with van der Waals surface area (Å²) >= 11 is 0. The quantitative estimate of drug-likeness (QED) is 0.751. The maximum atomic E-state index is 12.6. The van der Waals surface area contributed by atoms with E-state index in [-0.39, 0.29) is 30.8 Å². The van der Waals surface area contributed by atoms with Gasteiger partial charge >= 0.3 is 0 Å². The van der Waals surface area contributed by atoms with Gasteiger partial charge in [-0.1, -0.05) is 35.9 Å². The molecule has 2 aliphatic heterocycles. The van der Waals surface area contributed by atoms with E-state index in [0.29, 0.717) is 18.7 Å². The van der Waals surface area contributed by atoms with Gasteiger partial charge in [-0.15, -0.1) is 0 Å². The van der Waals surface area contributed by atoms with Crippen LogP contribution in [0.5, 0.6) is 0 Å². The van der Waals surface area contributed by atoms with E-state index in [4.69, 9.17) is 9.47 Å². The molecule has 0 aromatic heterocycles. The first kappa shape index (κ1) is 18.0. The Bertz CT molecular complexity index is 808. The van der Waals surface area contributed by atoms with E-state index >= 15 is 0 Å². The Morgan fingerprint density at radius 3 is 2.70 bits per heavy atom. The van der Waals surface area contributed by atoms with Crippen molar-refractivity contribution in [3.8, 4) is 0 Å². The summed E-state index contributed by atoms with van der Waals surface area (Å²) in [4.78, 5) is 12.6. The predicted octanol–water partition coefficient (Wildman–Crippen LogP) is 1.86. The Hall–Kier alpha value is -2.41. The Morgan fingerprint density at radius 2 is 1.89 bits per heavy atom. The number of hydrogen-bond donors (Lipinski definition) is 3. The largest absolute Gasteiger partial charge is 0.388 e. The topological polar surface area (TPSA) is 79.8 Å². The van der Waals surface area contributed by atoms with Gasteiger partial charge in [0.05, 0.1) is 19.3 Å². The van der Waals surface area contributed by atoms with Crippen molar-refractivity contribution in [2.75, 3.05) is 18.5 Å². The molecule has 2 aliphatic rings. The Labute approximate surface area is 158 Å². The van der Waals surface area contributed by atoms with Crippen LogP contribution in [0.2, 0.25) is 0 Å². The van der Waals surface area contributed by atoms with Gasteiger partial charge in [0.2, 0.25) is 0 Å². The molecule has 1 amide bonds. The van der Waals surface area contributed by atoms with Crippen LogP contribution in [0.25, 0.3) is 0 Å². The lowest BCUT2D eigenvalue weighted by atomic mass is 10.1. The van der Waals surface area contributed by atoms with Gasteiger partial charge in [0.1, 0.15) is 18.3 Å². The highest BCUT2D eigenvalue weighted by atomic mass is 16.6. The lowest BCUT2D eigenvalue weighted by Crippen LogP contribution is -2.44. The van der Waals surface area contributed by atoms with Crippen LogP contribution in [0.4, 0.5) is 5.69 Å². The van der Waals surface area contributed by atoms with Gasteiger partial charge in [-0.25, -0.2) is 0 Å². The SMILES string of the molecule is Cc1ccc(CNc2cccc(C(=O)N[C@@H]3CO[C@H]4[C@@H]3OC[C@H]4O)c2)cc1. The van der Waals surface area contributed by atoms with Crippen LogP contribution < -0.4 is 10.6 Å². The van der Waals surface area contributed by atoms with E-state index < -0.39 is 6.10 Å². The van der Waals surface area contributed by atoms with Gasteiger partial charge in [0.15, 0.2) is 0 Å². The second-order valence-electron chi connectivity index (χ2n) is 7.16. The summed E-state index contributed by atoms with van der Waals surface area (Å²) in [5, 5.41) is 16.1. The summed E-state index contributed by atoms with van der Waals surface area (Å²) < 4.78 is 11.1. The normalized spacial score (nSPS) is 26.6. The molecule has 0 unspecified atom stereocenters. The average Bonchev–Trinajstić information content (AvgIpc) is 3.25. The van der Waals surface area contributed by atoms with Gasteiger partial charge in [-0.2, -0.15) is 0 Å².